The number of benzene rings is 2. The number of aromatic nitrogens is 2. The summed E-state index contributed by atoms with van der Waals surface area (Å²) in [6, 6.07) is 12.4. The monoisotopic (exact) mass is 455 g/mol. The maximum atomic E-state index is 14.0. The fourth-order valence-electron chi connectivity index (χ4n) is 4.49. The lowest BCUT2D eigenvalue weighted by molar-refractivity contribution is 0.383. The van der Waals surface area contributed by atoms with Gasteiger partial charge in [0.1, 0.15) is 5.82 Å². The van der Waals surface area contributed by atoms with E-state index in [9.17, 15) is 9.18 Å². The Labute approximate surface area is 192 Å². The van der Waals surface area contributed by atoms with E-state index >= 15 is 0 Å². The molecule has 1 fully saturated rings. The van der Waals surface area contributed by atoms with Gasteiger partial charge in [0.25, 0.3) is 5.56 Å². The first-order valence-corrected chi connectivity index (χ1v) is 11.2. The highest BCUT2D eigenvalue weighted by molar-refractivity contribution is 6.33. The Morgan fingerprint density at radius 1 is 1.12 bits per heavy atom. The SMILES string of the molecule is COc1ccc(CC2CCN(c3ccc(-n4c(C)nc(C)cc4=O)cc3Cl)CC2)cc1F. The van der Waals surface area contributed by atoms with Crippen molar-refractivity contribution in [3.05, 3.63) is 80.7 Å². The highest BCUT2D eigenvalue weighted by Gasteiger charge is 2.22. The quantitative estimate of drug-likeness (QED) is 0.536. The molecule has 1 aromatic heterocycles. The molecule has 1 aliphatic rings. The van der Waals surface area contributed by atoms with Crippen LogP contribution < -0.4 is 15.2 Å². The second-order valence-electron chi connectivity index (χ2n) is 8.36. The number of piperidine rings is 1. The van der Waals surface area contributed by atoms with Crippen molar-refractivity contribution in [2.45, 2.75) is 33.1 Å². The van der Waals surface area contributed by atoms with E-state index in [0.29, 0.717) is 28.1 Å². The first-order valence-electron chi connectivity index (χ1n) is 10.8. The van der Waals surface area contributed by atoms with Crippen LogP contribution in [0.15, 0.2) is 47.3 Å². The van der Waals surface area contributed by atoms with E-state index in [-0.39, 0.29) is 17.1 Å². The molecule has 0 N–H and O–H groups in total. The van der Waals surface area contributed by atoms with Crippen molar-refractivity contribution in [1.82, 2.24) is 9.55 Å². The molecule has 1 aliphatic heterocycles. The molecule has 0 saturated carbocycles. The summed E-state index contributed by atoms with van der Waals surface area (Å²) in [5.41, 5.74) is 3.26. The Kier molecular flexibility index (Phi) is 6.51. The fourth-order valence-corrected chi connectivity index (χ4v) is 4.79. The average Bonchev–Trinajstić information content (AvgIpc) is 2.74. The van der Waals surface area contributed by atoms with Crippen molar-refractivity contribution >= 4 is 17.3 Å². The van der Waals surface area contributed by atoms with Crippen LogP contribution in [0.1, 0.15) is 29.9 Å². The molecule has 4 rings (SSSR count). The minimum atomic E-state index is -0.313. The predicted octanol–water partition coefficient (Wildman–Crippen LogP) is 5.11. The first-order chi connectivity index (χ1) is 15.4. The third-order valence-electron chi connectivity index (χ3n) is 6.10. The van der Waals surface area contributed by atoms with E-state index in [2.05, 4.69) is 9.88 Å². The third kappa shape index (κ3) is 4.65. The number of nitrogens with zero attached hydrogens (tertiary/aromatic N) is 3. The molecule has 0 bridgehead atoms. The van der Waals surface area contributed by atoms with Gasteiger partial charge in [-0.2, -0.15) is 0 Å². The lowest BCUT2D eigenvalue weighted by Gasteiger charge is -2.34. The van der Waals surface area contributed by atoms with Gasteiger partial charge < -0.3 is 9.64 Å². The van der Waals surface area contributed by atoms with E-state index in [1.807, 2.05) is 38.1 Å². The molecule has 0 atom stereocenters. The molecule has 5 nitrogen and oxygen atoms in total. The molecule has 0 spiro atoms. The molecule has 32 heavy (non-hydrogen) atoms. The van der Waals surface area contributed by atoms with Crippen LogP contribution in [0.3, 0.4) is 0 Å². The van der Waals surface area contributed by atoms with Crippen LogP contribution in [0, 0.1) is 25.6 Å². The van der Waals surface area contributed by atoms with Crippen molar-refractivity contribution in [1.29, 1.82) is 0 Å². The van der Waals surface area contributed by atoms with E-state index in [1.165, 1.54) is 13.2 Å². The third-order valence-corrected chi connectivity index (χ3v) is 6.40. The zero-order valence-electron chi connectivity index (χ0n) is 18.6. The van der Waals surface area contributed by atoms with Gasteiger partial charge in [0.05, 0.1) is 23.5 Å². The number of rotatable bonds is 5. The molecule has 0 radical (unpaired) electrons. The Balaban J connectivity index is 1.44. The van der Waals surface area contributed by atoms with Crippen molar-refractivity contribution in [2.24, 2.45) is 5.92 Å². The second-order valence-corrected chi connectivity index (χ2v) is 8.76. The van der Waals surface area contributed by atoms with Gasteiger partial charge in [0, 0.05) is 24.8 Å². The topological polar surface area (TPSA) is 47.4 Å². The predicted molar refractivity (Wildman–Crippen MR) is 126 cm³/mol. The van der Waals surface area contributed by atoms with Crippen LogP contribution in [-0.4, -0.2) is 29.8 Å². The van der Waals surface area contributed by atoms with Crippen molar-refractivity contribution in [3.8, 4) is 11.4 Å². The lowest BCUT2D eigenvalue weighted by Crippen LogP contribution is -2.34. The summed E-state index contributed by atoms with van der Waals surface area (Å²) >= 11 is 6.63. The van der Waals surface area contributed by atoms with Gasteiger partial charge >= 0.3 is 0 Å². The zero-order valence-corrected chi connectivity index (χ0v) is 19.3. The van der Waals surface area contributed by atoms with Gasteiger partial charge in [-0.3, -0.25) is 9.36 Å². The number of anilines is 1. The maximum absolute atomic E-state index is 14.0. The average molecular weight is 456 g/mol. The Morgan fingerprint density at radius 2 is 1.88 bits per heavy atom. The van der Waals surface area contributed by atoms with E-state index in [4.69, 9.17) is 16.3 Å². The maximum Gasteiger partial charge on any atom is 0.258 e. The van der Waals surface area contributed by atoms with Crippen LogP contribution in [0.25, 0.3) is 5.69 Å². The lowest BCUT2D eigenvalue weighted by atomic mass is 9.90. The molecule has 0 aliphatic carbocycles. The minimum Gasteiger partial charge on any atom is -0.494 e. The number of aryl methyl sites for hydroxylation is 2. The normalized spacial score (nSPS) is 14.6. The number of hydrogen-bond acceptors (Lipinski definition) is 4. The van der Waals surface area contributed by atoms with Gasteiger partial charge in [-0.1, -0.05) is 17.7 Å². The highest BCUT2D eigenvalue weighted by Crippen LogP contribution is 2.32. The van der Waals surface area contributed by atoms with Crippen LogP contribution in [0.5, 0.6) is 5.75 Å². The molecule has 0 unspecified atom stereocenters. The molecular formula is C25H27ClFN3O2. The fraction of sp³-hybridized carbons (Fsp3) is 0.360. The summed E-state index contributed by atoms with van der Waals surface area (Å²) in [4.78, 5) is 19.1. The molecule has 7 heteroatoms. The summed E-state index contributed by atoms with van der Waals surface area (Å²) in [6.45, 7) is 5.39. The Hall–Kier alpha value is -2.86. The summed E-state index contributed by atoms with van der Waals surface area (Å²) in [5.74, 6) is 1.10. The smallest absolute Gasteiger partial charge is 0.258 e. The summed E-state index contributed by atoms with van der Waals surface area (Å²) in [5, 5.41) is 0.616. The Morgan fingerprint density at radius 3 is 2.50 bits per heavy atom. The van der Waals surface area contributed by atoms with Gasteiger partial charge in [-0.05, 0) is 74.9 Å². The van der Waals surface area contributed by atoms with Crippen molar-refractivity contribution < 1.29 is 9.13 Å². The van der Waals surface area contributed by atoms with Crippen molar-refractivity contribution in [3.63, 3.8) is 0 Å². The number of ether oxygens (including phenoxy) is 1. The van der Waals surface area contributed by atoms with Crippen LogP contribution in [0.2, 0.25) is 5.02 Å². The Bertz CT molecular complexity index is 1190. The van der Waals surface area contributed by atoms with Gasteiger partial charge in [-0.15, -0.1) is 0 Å². The number of methoxy groups -OCH3 is 1. The molecule has 1 saturated heterocycles. The summed E-state index contributed by atoms with van der Waals surface area (Å²) < 4.78 is 20.6. The highest BCUT2D eigenvalue weighted by atomic mass is 35.5. The van der Waals surface area contributed by atoms with E-state index in [0.717, 1.165) is 43.6 Å². The zero-order chi connectivity index (χ0) is 22.8. The molecule has 2 aromatic carbocycles. The first kappa shape index (κ1) is 22.3. The van der Waals surface area contributed by atoms with Gasteiger partial charge in [-0.25, -0.2) is 9.37 Å². The van der Waals surface area contributed by atoms with Crippen LogP contribution in [0.4, 0.5) is 10.1 Å². The number of hydrogen-bond donors (Lipinski definition) is 0. The van der Waals surface area contributed by atoms with Gasteiger partial charge in [0.2, 0.25) is 0 Å². The van der Waals surface area contributed by atoms with Crippen LogP contribution >= 0.6 is 11.6 Å². The van der Waals surface area contributed by atoms with E-state index < -0.39 is 0 Å². The number of halogens is 2. The summed E-state index contributed by atoms with van der Waals surface area (Å²) in [7, 11) is 1.47. The molecule has 3 aromatic rings. The largest absolute Gasteiger partial charge is 0.494 e. The van der Waals surface area contributed by atoms with Gasteiger partial charge in [0.15, 0.2) is 11.6 Å². The molecular weight excluding hydrogens is 429 g/mol. The second kappa shape index (κ2) is 9.33. The minimum absolute atomic E-state index is 0.116. The standard InChI is InChI=1S/C25H27ClFN3O2/c1-16-12-25(31)30(17(2)28-16)20-5-6-23(21(26)15-20)29-10-8-18(9-11-29)13-19-4-7-24(32-3)22(27)14-19/h4-7,12,14-15,18H,8-11,13H2,1-3H3. The molecule has 0 amide bonds. The van der Waals surface area contributed by atoms with Crippen LogP contribution in [-0.2, 0) is 6.42 Å². The summed E-state index contributed by atoms with van der Waals surface area (Å²) in [6.07, 6.45) is 2.86. The van der Waals surface area contributed by atoms with Crippen molar-refractivity contribution in [2.75, 3.05) is 25.1 Å². The van der Waals surface area contributed by atoms with E-state index in [1.54, 1.807) is 16.7 Å². The molecule has 168 valence electrons. The molecule has 2 heterocycles.